The van der Waals surface area contributed by atoms with Crippen molar-refractivity contribution in [1.82, 2.24) is 9.97 Å². The van der Waals surface area contributed by atoms with E-state index in [1.165, 1.54) is 139 Å². The minimum atomic E-state index is 0.0467. The fourth-order valence-corrected chi connectivity index (χ4v) is 15.3. The van der Waals surface area contributed by atoms with E-state index >= 15 is 0 Å². The van der Waals surface area contributed by atoms with Crippen molar-refractivity contribution >= 4 is 128 Å². The van der Waals surface area contributed by atoms with Crippen LogP contribution < -0.4 is 0 Å². The van der Waals surface area contributed by atoms with Gasteiger partial charge in [-0.15, -0.1) is 22.7 Å². The highest BCUT2D eigenvalue weighted by atomic mass is 32.1. The zero-order valence-electron chi connectivity index (χ0n) is 48.7. The first-order valence-corrected chi connectivity index (χ1v) is 30.9. The van der Waals surface area contributed by atoms with Gasteiger partial charge in [-0.1, -0.05) is 216 Å². The molecule has 0 bridgehead atoms. The van der Waals surface area contributed by atoms with Crippen molar-refractivity contribution in [3.05, 3.63) is 253 Å². The van der Waals surface area contributed by atoms with Gasteiger partial charge in [0.15, 0.2) is 0 Å². The van der Waals surface area contributed by atoms with E-state index in [-0.39, 0.29) is 10.8 Å². The number of fused-ring (bicyclic) bond motifs is 18. The Kier molecular flexibility index (Phi) is 12.2. The summed E-state index contributed by atoms with van der Waals surface area (Å²) < 4.78 is 5.34. The second kappa shape index (κ2) is 19.8. The van der Waals surface area contributed by atoms with Crippen LogP contribution in [-0.4, -0.2) is 9.97 Å². The van der Waals surface area contributed by atoms with E-state index in [0.717, 1.165) is 33.5 Å². The third-order valence-corrected chi connectivity index (χ3v) is 19.8. The maximum Gasteiger partial charge on any atom is 0.0794 e. The van der Waals surface area contributed by atoms with Crippen LogP contribution >= 0.6 is 22.7 Å². The molecule has 0 spiro atoms. The summed E-state index contributed by atoms with van der Waals surface area (Å²) in [4.78, 5) is 10.8. The number of benzene rings is 12. The van der Waals surface area contributed by atoms with Crippen molar-refractivity contribution in [3.8, 4) is 44.8 Å². The number of aryl methyl sites for hydroxylation is 2. The molecule has 0 aliphatic carbocycles. The predicted molar refractivity (Wildman–Crippen MR) is 368 cm³/mol. The van der Waals surface area contributed by atoms with Crippen LogP contribution in [0, 0.1) is 13.8 Å². The van der Waals surface area contributed by atoms with Crippen molar-refractivity contribution in [2.24, 2.45) is 0 Å². The van der Waals surface area contributed by atoms with Crippen LogP contribution in [0.1, 0.15) is 63.8 Å². The first-order chi connectivity index (χ1) is 40.7. The van der Waals surface area contributed by atoms with Gasteiger partial charge in [0.25, 0.3) is 0 Å². The Morgan fingerprint density at radius 1 is 0.274 bits per heavy atom. The van der Waals surface area contributed by atoms with Crippen molar-refractivity contribution < 1.29 is 0 Å². The Balaban J connectivity index is 0.000000144. The van der Waals surface area contributed by atoms with Crippen LogP contribution in [-0.2, 0) is 10.8 Å². The monoisotopic (exact) mass is 1110 g/mol. The van der Waals surface area contributed by atoms with Gasteiger partial charge in [-0.3, -0.25) is 0 Å². The number of hydrogen-bond acceptors (Lipinski definition) is 4. The molecule has 16 rings (SSSR count). The molecule has 0 unspecified atom stereocenters. The largest absolute Gasteiger partial charge is 0.247 e. The van der Waals surface area contributed by atoms with E-state index in [1.807, 2.05) is 22.7 Å². The molecule has 4 heteroatoms. The maximum atomic E-state index is 5.47. The Morgan fingerprint density at radius 2 is 0.643 bits per heavy atom. The molecule has 16 aromatic rings. The lowest BCUT2D eigenvalue weighted by atomic mass is 9.83. The summed E-state index contributed by atoms with van der Waals surface area (Å²) in [7, 11) is 0. The van der Waals surface area contributed by atoms with Gasteiger partial charge in [0.05, 0.1) is 22.4 Å². The van der Waals surface area contributed by atoms with E-state index in [0.29, 0.717) is 0 Å². The third-order valence-electron chi connectivity index (χ3n) is 17.3. The Morgan fingerprint density at radius 3 is 1.13 bits per heavy atom. The van der Waals surface area contributed by atoms with Gasteiger partial charge < -0.3 is 0 Å². The summed E-state index contributed by atoms with van der Waals surface area (Å²) in [5, 5.41) is 17.8. The lowest BCUT2D eigenvalue weighted by Gasteiger charge is -2.22. The molecule has 4 heterocycles. The highest BCUT2D eigenvalue weighted by Crippen LogP contribution is 2.45. The number of rotatable bonds is 4. The van der Waals surface area contributed by atoms with E-state index in [4.69, 9.17) is 9.97 Å². The third kappa shape index (κ3) is 8.81. The Bertz CT molecular complexity index is 5370. The first kappa shape index (κ1) is 51.8. The SMILES string of the molecule is CC(C)(C)c1ccc2c(c1)c1ccc(-c3cccc(-c4cccc5c4sc4ccccc45)c3)nc1c1cc(C(C)(C)C)ccc21.Cc1ccc2c(c1)c1ccc(-c3cccc(-c4cccc5c4sc4ccccc45)c3)nc1c1cc(C)ccc21. The minimum Gasteiger partial charge on any atom is -0.247 e. The fraction of sp³-hybridized carbons (Fsp3) is 0.125. The van der Waals surface area contributed by atoms with E-state index in [9.17, 15) is 0 Å². The topological polar surface area (TPSA) is 25.8 Å². The summed E-state index contributed by atoms with van der Waals surface area (Å²) in [6.07, 6.45) is 0. The summed E-state index contributed by atoms with van der Waals surface area (Å²) in [6.45, 7) is 18.0. The smallest absolute Gasteiger partial charge is 0.0794 e. The lowest BCUT2D eigenvalue weighted by molar-refractivity contribution is 0.591. The van der Waals surface area contributed by atoms with Crippen molar-refractivity contribution in [3.63, 3.8) is 0 Å². The van der Waals surface area contributed by atoms with Crippen LogP contribution in [0.2, 0.25) is 0 Å². The van der Waals surface area contributed by atoms with Gasteiger partial charge in [0, 0.05) is 73.0 Å². The highest BCUT2D eigenvalue weighted by molar-refractivity contribution is 7.26. The molecule has 0 atom stereocenters. The van der Waals surface area contributed by atoms with E-state index < -0.39 is 0 Å². The average molecular weight is 1120 g/mol. The fourth-order valence-electron chi connectivity index (χ4n) is 12.8. The van der Waals surface area contributed by atoms with Gasteiger partial charge in [0.1, 0.15) is 0 Å². The summed E-state index contributed by atoms with van der Waals surface area (Å²) >= 11 is 3.76. The van der Waals surface area contributed by atoms with Crippen LogP contribution in [0.4, 0.5) is 0 Å². The minimum absolute atomic E-state index is 0.0467. The van der Waals surface area contributed by atoms with E-state index in [2.05, 4.69) is 286 Å². The maximum absolute atomic E-state index is 5.47. The second-order valence-electron chi connectivity index (χ2n) is 25.0. The quantitative estimate of drug-likeness (QED) is 0.164. The number of aromatic nitrogens is 2. The van der Waals surface area contributed by atoms with Gasteiger partial charge in [-0.25, -0.2) is 9.97 Å². The molecule has 0 saturated heterocycles. The predicted octanol–water partition coefficient (Wildman–Crippen LogP) is 23.7. The molecule has 84 heavy (non-hydrogen) atoms. The molecule has 0 radical (unpaired) electrons. The molecule has 404 valence electrons. The normalized spacial score (nSPS) is 12.3. The molecule has 2 nitrogen and oxygen atoms in total. The number of pyridine rings is 2. The van der Waals surface area contributed by atoms with Gasteiger partial charge in [-0.05, 0) is 157 Å². The average Bonchev–Trinajstić information content (AvgIpc) is 4.34. The van der Waals surface area contributed by atoms with Gasteiger partial charge in [0.2, 0.25) is 0 Å². The van der Waals surface area contributed by atoms with E-state index in [1.54, 1.807) is 0 Å². The molecule has 4 aromatic heterocycles. The summed E-state index contributed by atoms with van der Waals surface area (Å²) in [6, 6.07) is 85.0. The molecule has 12 aromatic carbocycles. The molecule has 0 amide bonds. The summed E-state index contributed by atoms with van der Waals surface area (Å²) in [5.74, 6) is 0. The summed E-state index contributed by atoms with van der Waals surface area (Å²) in [5.41, 5.74) is 16.7. The van der Waals surface area contributed by atoms with Crippen LogP contribution in [0.3, 0.4) is 0 Å². The Labute approximate surface area is 498 Å². The number of thiophene rings is 2. The standard InChI is InChI=1S/C43H37NS.C37H25NS/c1-42(2,3)28-17-19-31-32-20-18-29(43(4,5)6)25-37(32)40-34(36(31)24-28)21-22-38(44-40)27-12-9-11-26(23-27)30-14-10-15-35-33-13-7-8-16-39(33)45-41(30)35;1-22-13-15-27-28-16-14-23(2)20-33(28)36-30(32(27)19-22)17-18-34(38-36)25-8-5-7-24(21-25)26-10-6-11-31-29-9-3-4-12-35(29)39-37(26)31/h7-25H,1-6H3;3-21H,1-2H3. The van der Waals surface area contributed by atoms with Crippen LogP contribution in [0.25, 0.3) is 150 Å². The van der Waals surface area contributed by atoms with Crippen molar-refractivity contribution in [2.45, 2.75) is 66.2 Å². The van der Waals surface area contributed by atoms with Gasteiger partial charge >= 0.3 is 0 Å². The first-order valence-electron chi connectivity index (χ1n) is 29.3. The van der Waals surface area contributed by atoms with Crippen LogP contribution in [0.15, 0.2) is 231 Å². The van der Waals surface area contributed by atoms with Crippen LogP contribution in [0.5, 0.6) is 0 Å². The number of hydrogen-bond donors (Lipinski definition) is 0. The molecule has 0 N–H and O–H groups in total. The van der Waals surface area contributed by atoms with Gasteiger partial charge in [-0.2, -0.15) is 0 Å². The van der Waals surface area contributed by atoms with Crippen molar-refractivity contribution in [1.29, 1.82) is 0 Å². The zero-order chi connectivity index (χ0) is 57.2. The lowest BCUT2D eigenvalue weighted by Crippen LogP contribution is -2.11. The molecule has 0 saturated carbocycles. The highest BCUT2D eigenvalue weighted by Gasteiger charge is 2.21. The molecular weight excluding hydrogens is 1050 g/mol. The zero-order valence-corrected chi connectivity index (χ0v) is 50.3. The molecule has 0 aliphatic rings. The second-order valence-corrected chi connectivity index (χ2v) is 27.1. The molecule has 0 aliphatic heterocycles. The molecule has 0 fully saturated rings. The number of nitrogens with zero attached hydrogens (tertiary/aromatic N) is 2. The molecular formula is C80H62N2S2. The van der Waals surface area contributed by atoms with Crippen molar-refractivity contribution in [2.75, 3.05) is 0 Å². The Hall–Kier alpha value is -9.06.